The molecule has 0 fully saturated rings. The second kappa shape index (κ2) is 13.4. The second-order valence-electron chi connectivity index (χ2n) is 6.41. The number of carbonyl (C=O) groups excluding carboxylic acids is 1. The minimum absolute atomic E-state index is 0.0775. The van der Waals surface area contributed by atoms with Crippen LogP contribution in [0.25, 0.3) is 0 Å². The van der Waals surface area contributed by atoms with Gasteiger partial charge in [-0.05, 0) is 31.7 Å². The third-order valence-corrected chi connectivity index (χ3v) is 4.27. The number of hydrogen-bond acceptors (Lipinski definition) is 4. The van der Waals surface area contributed by atoms with Gasteiger partial charge in [-0.3, -0.25) is 14.9 Å². The first kappa shape index (κ1) is 21.1. The first-order chi connectivity index (χ1) is 12.1. The van der Waals surface area contributed by atoms with E-state index in [2.05, 4.69) is 0 Å². The molecule has 1 aromatic carbocycles. The highest BCUT2D eigenvalue weighted by molar-refractivity contribution is 5.69. The van der Waals surface area contributed by atoms with Crippen LogP contribution in [-0.4, -0.2) is 17.5 Å². The summed E-state index contributed by atoms with van der Waals surface area (Å²) in [7, 11) is 0. The lowest BCUT2D eigenvalue weighted by Crippen LogP contribution is -2.03. The van der Waals surface area contributed by atoms with Gasteiger partial charge < -0.3 is 4.74 Å². The molecule has 0 spiro atoms. The fraction of sp³-hybridized carbons (Fsp3) is 0.650. The molecule has 140 valence electrons. The van der Waals surface area contributed by atoms with E-state index in [-0.39, 0.29) is 16.6 Å². The van der Waals surface area contributed by atoms with Gasteiger partial charge in [0.05, 0.1) is 11.5 Å². The molecule has 0 aromatic heterocycles. The topological polar surface area (TPSA) is 69.4 Å². The number of rotatable bonds is 14. The molecule has 5 heteroatoms. The maximum atomic E-state index is 11.2. The van der Waals surface area contributed by atoms with Crippen LogP contribution in [0.15, 0.2) is 24.3 Å². The summed E-state index contributed by atoms with van der Waals surface area (Å²) in [4.78, 5) is 21.6. The number of aryl methyl sites for hydroxylation is 1. The fourth-order valence-corrected chi connectivity index (χ4v) is 2.89. The Kier molecular flexibility index (Phi) is 11.3. The molecule has 0 aliphatic carbocycles. The number of hydrogen-bond donors (Lipinski definition) is 0. The van der Waals surface area contributed by atoms with E-state index in [9.17, 15) is 14.9 Å². The van der Waals surface area contributed by atoms with Crippen LogP contribution in [0.4, 0.5) is 5.69 Å². The number of unbranched alkanes of at least 4 members (excludes halogenated alkanes) is 8. The maximum Gasteiger partial charge on any atom is 0.305 e. The molecule has 0 unspecified atom stereocenters. The van der Waals surface area contributed by atoms with Crippen molar-refractivity contribution in [3.05, 3.63) is 39.9 Å². The van der Waals surface area contributed by atoms with Crippen LogP contribution >= 0.6 is 0 Å². The molecule has 0 bridgehead atoms. The molecular weight excluding hydrogens is 318 g/mol. The third-order valence-electron chi connectivity index (χ3n) is 4.27. The van der Waals surface area contributed by atoms with Crippen LogP contribution in [0.2, 0.25) is 0 Å². The van der Waals surface area contributed by atoms with E-state index in [1.165, 1.54) is 44.6 Å². The van der Waals surface area contributed by atoms with Gasteiger partial charge in [0.15, 0.2) is 0 Å². The number of nitro benzene ring substituents is 1. The van der Waals surface area contributed by atoms with E-state index in [0.29, 0.717) is 13.0 Å². The molecule has 0 saturated heterocycles. The molecule has 0 aliphatic rings. The van der Waals surface area contributed by atoms with Crippen LogP contribution in [-0.2, 0) is 16.0 Å². The molecule has 0 heterocycles. The van der Waals surface area contributed by atoms with Crippen LogP contribution in [0.5, 0.6) is 0 Å². The van der Waals surface area contributed by atoms with E-state index < -0.39 is 0 Å². The Morgan fingerprint density at radius 2 is 1.60 bits per heavy atom. The first-order valence-electron chi connectivity index (χ1n) is 9.52. The van der Waals surface area contributed by atoms with Gasteiger partial charge >= 0.3 is 5.97 Å². The van der Waals surface area contributed by atoms with E-state index in [0.717, 1.165) is 31.2 Å². The van der Waals surface area contributed by atoms with Crippen molar-refractivity contribution < 1.29 is 14.5 Å². The SMILES string of the molecule is CCOC(=O)CCCCCCCCCCCc1cccc([N+](=O)[O-])c1. The molecule has 0 radical (unpaired) electrons. The number of esters is 1. The summed E-state index contributed by atoms with van der Waals surface area (Å²) >= 11 is 0. The summed E-state index contributed by atoms with van der Waals surface area (Å²) in [5, 5.41) is 10.7. The molecule has 25 heavy (non-hydrogen) atoms. The number of nitro groups is 1. The molecule has 0 N–H and O–H groups in total. The Morgan fingerprint density at radius 3 is 2.20 bits per heavy atom. The Hall–Kier alpha value is -1.91. The fourth-order valence-electron chi connectivity index (χ4n) is 2.89. The quantitative estimate of drug-likeness (QED) is 0.190. The monoisotopic (exact) mass is 349 g/mol. The Bertz CT molecular complexity index is 516. The predicted octanol–water partition coefficient (Wildman–Crippen LogP) is 5.60. The van der Waals surface area contributed by atoms with Crippen molar-refractivity contribution in [1.82, 2.24) is 0 Å². The molecule has 0 amide bonds. The normalized spacial score (nSPS) is 10.6. The zero-order valence-corrected chi connectivity index (χ0v) is 15.4. The minimum atomic E-state index is -0.337. The minimum Gasteiger partial charge on any atom is -0.466 e. The summed E-state index contributed by atoms with van der Waals surface area (Å²) < 4.78 is 4.90. The number of benzene rings is 1. The van der Waals surface area contributed by atoms with E-state index in [1.54, 1.807) is 12.1 Å². The lowest BCUT2D eigenvalue weighted by molar-refractivity contribution is -0.384. The Balaban J connectivity index is 1.93. The lowest BCUT2D eigenvalue weighted by atomic mass is 10.0. The number of ether oxygens (including phenoxy) is 1. The van der Waals surface area contributed by atoms with Gasteiger partial charge in [-0.25, -0.2) is 0 Å². The average Bonchev–Trinajstić information content (AvgIpc) is 2.60. The van der Waals surface area contributed by atoms with Crippen molar-refractivity contribution in [3.63, 3.8) is 0 Å². The van der Waals surface area contributed by atoms with Crippen LogP contribution < -0.4 is 0 Å². The van der Waals surface area contributed by atoms with Crippen LogP contribution in [0, 0.1) is 10.1 Å². The molecule has 0 saturated carbocycles. The number of non-ortho nitro benzene ring substituents is 1. The van der Waals surface area contributed by atoms with Gasteiger partial charge in [-0.1, -0.05) is 57.1 Å². The van der Waals surface area contributed by atoms with Crippen molar-refractivity contribution in [2.24, 2.45) is 0 Å². The number of carbonyl (C=O) groups is 1. The maximum absolute atomic E-state index is 11.2. The van der Waals surface area contributed by atoms with Crippen LogP contribution in [0.3, 0.4) is 0 Å². The average molecular weight is 349 g/mol. The second-order valence-corrected chi connectivity index (χ2v) is 6.41. The third kappa shape index (κ3) is 10.5. The highest BCUT2D eigenvalue weighted by atomic mass is 16.6. The molecular formula is C20H31NO4. The van der Waals surface area contributed by atoms with Gasteiger partial charge in [0, 0.05) is 18.6 Å². The van der Waals surface area contributed by atoms with E-state index in [1.807, 2.05) is 13.0 Å². The standard InChI is InChI=1S/C20H31NO4/c1-2-25-20(22)16-11-9-7-5-3-4-6-8-10-13-18-14-12-15-19(17-18)21(23)24/h12,14-15,17H,2-11,13,16H2,1H3. The van der Waals surface area contributed by atoms with Gasteiger partial charge in [-0.2, -0.15) is 0 Å². The van der Waals surface area contributed by atoms with E-state index in [4.69, 9.17) is 4.74 Å². The van der Waals surface area contributed by atoms with Crippen molar-refractivity contribution >= 4 is 11.7 Å². The summed E-state index contributed by atoms with van der Waals surface area (Å²) in [6, 6.07) is 6.94. The lowest BCUT2D eigenvalue weighted by Gasteiger charge is -2.04. The van der Waals surface area contributed by atoms with Gasteiger partial charge in [0.25, 0.3) is 5.69 Å². The van der Waals surface area contributed by atoms with Crippen molar-refractivity contribution in [1.29, 1.82) is 0 Å². The Morgan fingerprint density at radius 1 is 1.00 bits per heavy atom. The zero-order chi connectivity index (χ0) is 18.3. The summed E-state index contributed by atoms with van der Waals surface area (Å²) in [5.41, 5.74) is 1.23. The van der Waals surface area contributed by atoms with Crippen LogP contribution in [0.1, 0.15) is 76.7 Å². The smallest absolute Gasteiger partial charge is 0.305 e. The number of nitrogens with zero attached hydrogens (tertiary/aromatic N) is 1. The summed E-state index contributed by atoms with van der Waals surface area (Å²) in [6.45, 7) is 2.31. The first-order valence-corrected chi connectivity index (χ1v) is 9.52. The predicted molar refractivity (Wildman–Crippen MR) is 99.6 cm³/mol. The Labute approximate surface area is 150 Å². The molecule has 0 aliphatic heterocycles. The van der Waals surface area contributed by atoms with Gasteiger partial charge in [0.2, 0.25) is 0 Å². The molecule has 5 nitrogen and oxygen atoms in total. The van der Waals surface area contributed by atoms with Gasteiger partial charge in [-0.15, -0.1) is 0 Å². The van der Waals surface area contributed by atoms with Crippen molar-refractivity contribution in [3.8, 4) is 0 Å². The summed E-state index contributed by atoms with van der Waals surface area (Å²) in [5.74, 6) is -0.0775. The highest BCUT2D eigenvalue weighted by Crippen LogP contribution is 2.16. The molecule has 1 aromatic rings. The van der Waals surface area contributed by atoms with Crippen molar-refractivity contribution in [2.75, 3.05) is 6.61 Å². The highest BCUT2D eigenvalue weighted by Gasteiger charge is 2.05. The summed E-state index contributed by atoms with van der Waals surface area (Å²) in [6.07, 6.45) is 11.9. The van der Waals surface area contributed by atoms with Crippen molar-refractivity contribution in [2.45, 2.75) is 77.6 Å². The molecule has 1 rings (SSSR count). The zero-order valence-electron chi connectivity index (χ0n) is 15.4. The molecule has 0 atom stereocenters. The van der Waals surface area contributed by atoms with E-state index >= 15 is 0 Å². The van der Waals surface area contributed by atoms with Gasteiger partial charge in [0.1, 0.15) is 0 Å². The largest absolute Gasteiger partial charge is 0.466 e.